The molecule has 2 atom stereocenters. The molecule has 2 rings (SSSR count). The van der Waals surface area contributed by atoms with E-state index in [4.69, 9.17) is 15.2 Å². The number of ether oxygens (including phenoxy) is 2. The van der Waals surface area contributed by atoms with Gasteiger partial charge in [-0.25, -0.2) is 0 Å². The van der Waals surface area contributed by atoms with Gasteiger partial charge in [-0.2, -0.15) is 0 Å². The summed E-state index contributed by atoms with van der Waals surface area (Å²) in [4.78, 5) is 11.8. The first-order valence-corrected chi connectivity index (χ1v) is 7.50. The summed E-state index contributed by atoms with van der Waals surface area (Å²) in [6.07, 6.45) is 1.85. The highest BCUT2D eigenvalue weighted by atomic mass is 16.5. The molecule has 0 amide bonds. The summed E-state index contributed by atoms with van der Waals surface area (Å²) in [5.74, 6) is 0.955. The lowest BCUT2D eigenvalue weighted by Crippen LogP contribution is -2.47. The van der Waals surface area contributed by atoms with Crippen molar-refractivity contribution < 1.29 is 14.3 Å². The third-order valence-corrected chi connectivity index (χ3v) is 4.18. The van der Waals surface area contributed by atoms with Gasteiger partial charge in [-0.3, -0.25) is 4.79 Å². The second-order valence-electron chi connectivity index (χ2n) is 6.33. The third kappa shape index (κ3) is 3.38. The molecule has 0 aromatic heterocycles. The summed E-state index contributed by atoms with van der Waals surface area (Å²) in [7, 11) is 1.38. The van der Waals surface area contributed by atoms with Crippen molar-refractivity contribution >= 4 is 5.97 Å². The van der Waals surface area contributed by atoms with Crippen LogP contribution in [0.3, 0.4) is 0 Å². The minimum Gasteiger partial charge on any atom is -0.490 e. The number of benzene rings is 1. The van der Waals surface area contributed by atoms with Crippen LogP contribution in [0, 0.1) is 6.92 Å². The highest BCUT2D eigenvalue weighted by Gasteiger charge is 2.44. The van der Waals surface area contributed by atoms with Crippen LogP contribution in [-0.4, -0.2) is 24.7 Å². The smallest absolute Gasteiger partial charge is 0.325 e. The Morgan fingerprint density at radius 3 is 2.76 bits per heavy atom. The zero-order valence-electron chi connectivity index (χ0n) is 13.3. The Bertz CT molecular complexity index is 527. The lowest BCUT2D eigenvalue weighted by atomic mass is 9.99. The zero-order chi connectivity index (χ0) is 15.6. The number of hydrogen-bond donors (Lipinski definition) is 1. The molecule has 4 nitrogen and oxygen atoms in total. The van der Waals surface area contributed by atoms with Crippen molar-refractivity contribution in [2.75, 3.05) is 7.11 Å². The maximum atomic E-state index is 11.8. The number of aryl methyl sites for hydroxylation is 1. The van der Waals surface area contributed by atoms with Crippen LogP contribution in [0.5, 0.6) is 5.75 Å². The van der Waals surface area contributed by atoms with Crippen molar-refractivity contribution in [3.8, 4) is 5.75 Å². The fourth-order valence-corrected chi connectivity index (χ4v) is 2.92. The first kappa shape index (κ1) is 15.8. The van der Waals surface area contributed by atoms with E-state index in [2.05, 4.69) is 32.0 Å². The van der Waals surface area contributed by atoms with Crippen LogP contribution in [0.15, 0.2) is 18.2 Å². The van der Waals surface area contributed by atoms with Crippen LogP contribution in [-0.2, 0) is 9.53 Å². The van der Waals surface area contributed by atoms with Crippen molar-refractivity contribution in [2.45, 2.75) is 57.6 Å². The van der Waals surface area contributed by atoms with Crippen LogP contribution in [0.4, 0.5) is 0 Å². The SMILES string of the molecule is COC(=O)C1(N)CCC(Oc2cc(C)ccc2C(C)C)C1. The molecular formula is C17H25NO3. The number of hydrogen-bond acceptors (Lipinski definition) is 4. The summed E-state index contributed by atoms with van der Waals surface area (Å²) in [6, 6.07) is 6.27. The average Bonchev–Trinajstić information content (AvgIpc) is 2.80. The molecule has 0 radical (unpaired) electrons. The van der Waals surface area contributed by atoms with E-state index >= 15 is 0 Å². The molecule has 0 bridgehead atoms. The number of rotatable bonds is 4. The Morgan fingerprint density at radius 2 is 2.14 bits per heavy atom. The van der Waals surface area contributed by atoms with Gasteiger partial charge < -0.3 is 15.2 Å². The lowest BCUT2D eigenvalue weighted by Gasteiger charge is -2.22. The number of carbonyl (C=O) groups excluding carboxylic acids is 1. The van der Waals surface area contributed by atoms with Gasteiger partial charge in [0.2, 0.25) is 0 Å². The lowest BCUT2D eigenvalue weighted by molar-refractivity contribution is -0.147. The molecule has 1 saturated carbocycles. The molecule has 1 fully saturated rings. The van der Waals surface area contributed by atoms with E-state index in [0.717, 1.165) is 12.2 Å². The molecule has 116 valence electrons. The second-order valence-corrected chi connectivity index (χ2v) is 6.33. The fourth-order valence-electron chi connectivity index (χ4n) is 2.92. The average molecular weight is 291 g/mol. The van der Waals surface area contributed by atoms with Crippen LogP contribution in [0.25, 0.3) is 0 Å². The maximum Gasteiger partial charge on any atom is 0.325 e. The minimum atomic E-state index is -0.902. The minimum absolute atomic E-state index is 0.0339. The zero-order valence-corrected chi connectivity index (χ0v) is 13.3. The molecule has 0 saturated heterocycles. The van der Waals surface area contributed by atoms with Crippen LogP contribution >= 0.6 is 0 Å². The maximum absolute atomic E-state index is 11.8. The molecule has 1 aromatic carbocycles. The van der Waals surface area contributed by atoms with Gasteiger partial charge in [0.05, 0.1) is 7.11 Å². The van der Waals surface area contributed by atoms with Gasteiger partial charge in [0, 0.05) is 6.42 Å². The third-order valence-electron chi connectivity index (χ3n) is 4.18. The number of nitrogens with two attached hydrogens (primary N) is 1. The molecule has 1 aliphatic carbocycles. The monoisotopic (exact) mass is 291 g/mol. The summed E-state index contributed by atoms with van der Waals surface area (Å²) >= 11 is 0. The van der Waals surface area contributed by atoms with Crippen molar-refractivity contribution in [3.63, 3.8) is 0 Å². The topological polar surface area (TPSA) is 61.5 Å². The van der Waals surface area contributed by atoms with Crippen LogP contribution in [0.1, 0.15) is 50.2 Å². The van der Waals surface area contributed by atoms with Crippen molar-refractivity contribution in [1.82, 2.24) is 0 Å². The van der Waals surface area contributed by atoms with Crippen molar-refractivity contribution in [2.24, 2.45) is 5.73 Å². The van der Waals surface area contributed by atoms with E-state index in [1.165, 1.54) is 18.2 Å². The van der Waals surface area contributed by atoms with Gasteiger partial charge in [-0.1, -0.05) is 26.0 Å². The van der Waals surface area contributed by atoms with Crippen LogP contribution in [0.2, 0.25) is 0 Å². The standard InChI is InChI=1S/C17H25NO3/c1-11(2)14-6-5-12(3)9-15(14)21-13-7-8-17(18,10-13)16(19)20-4/h5-6,9,11,13H,7-8,10,18H2,1-4H3. The first-order chi connectivity index (χ1) is 9.85. The fraction of sp³-hybridized carbons (Fsp3) is 0.588. The molecule has 2 unspecified atom stereocenters. The van der Waals surface area contributed by atoms with E-state index in [9.17, 15) is 4.79 Å². The Hall–Kier alpha value is -1.55. The van der Waals surface area contributed by atoms with Gasteiger partial charge in [-0.05, 0) is 42.9 Å². The summed E-state index contributed by atoms with van der Waals surface area (Å²) in [6.45, 7) is 6.34. The van der Waals surface area contributed by atoms with Gasteiger partial charge in [-0.15, -0.1) is 0 Å². The molecule has 21 heavy (non-hydrogen) atoms. The molecule has 0 spiro atoms. The molecule has 1 aliphatic rings. The summed E-state index contributed by atoms with van der Waals surface area (Å²) in [5.41, 5.74) is 7.58. The molecular weight excluding hydrogens is 266 g/mol. The second kappa shape index (κ2) is 6.06. The molecule has 1 aromatic rings. The first-order valence-electron chi connectivity index (χ1n) is 7.50. The van der Waals surface area contributed by atoms with Crippen molar-refractivity contribution in [1.29, 1.82) is 0 Å². The van der Waals surface area contributed by atoms with Gasteiger partial charge >= 0.3 is 5.97 Å². The largest absolute Gasteiger partial charge is 0.490 e. The normalized spacial score (nSPS) is 25.1. The van der Waals surface area contributed by atoms with Crippen LogP contribution < -0.4 is 10.5 Å². The predicted octanol–water partition coefficient (Wildman–Crippen LogP) is 2.92. The van der Waals surface area contributed by atoms with Gasteiger partial charge in [0.15, 0.2) is 0 Å². The highest BCUT2D eigenvalue weighted by molar-refractivity contribution is 5.80. The van der Waals surface area contributed by atoms with Crippen molar-refractivity contribution in [3.05, 3.63) is 29.3 Å². The Balaban J connectivity index is 2.13. The number of carbonyl (C=O) groups is 1. The Labute approximate surface area is 126 Å². The summed E-state index contributed by atoms with van der Waals surface area (Å²) in [5, 5.41) is 0. The summed E-state index contributed by atoms with van der Waals surface area (Å²) < 4.78 is 10.9. The van der Waals surface area contributed by atoms with Gasteiger partial charge in [0.1, 0.15) is 17.4 Å². The highest BCUT2D eigenvalue weighted by Crippen LogP contribution is 2.35. The van der Waals surface area contributed by atoms with Gasteiger partial charge in [0.25, 0.3) is 0 Å². The predicted molar refractivity (Wildman–Crippen MR) is 82.5 cm³/mol. The molecule has 0 heterocycles. The number of esters is 1. The van der Waals surface area contributed by atoms with E-state index in [1.807, 2.05) is 6.92 Å². The Morgan fingerprint density at radius 1 is 1.43 bits per heavy atom. The molecule has 2 N–H and O–H groups in total. The van der Waals surface area contributed by atoms with E-state index < -0.39 is 5.54 Å². The van der Waals surface area contributed by atoms with E-state index in [1.54, 1.807) is 0 Å². The number of methoxy groups -OCH3 is 1. The Kier molecular flexibility index (Phi) is 4.57. The van der Waals surface area contributed by atoms with E-state index in [-0.39, 0.29) is 12.1 Å². The molecule has 0 aliphatic heterocycles. The van der Waals surface area contributed by atoms with E-state index in [0.29, 0.717) is 18.8 Å². The quantitative estimate of drug-likeness (QED) is 0.866. The molecule has 4 heteroatoms.